The fourth-order valence-corrected chi connectivity index (χ4v) is 2.17. The van der Waals surface area contributed by atoms with Gasteiger partial charge in [0.25, 0.3) is 0 Å². The minimum atomic E-state index is 0.680. The molecule has 2 heterocycles. The van der Waals surface area contributed by atoms with E-state index in [1.165, 1.54) is 11.3 Å². The van der Waals surface area contributed by atoms with Crippen LogP contribution < -0.4 is 5.32 Å². The standard InChI is InChI=1S/C16H18N4O/c1-11-14(9-18-20(11)3)8-17-15-6-4-13(5-7-15)16-10-21-12(2)19-16/h4-7,9-10,17H,8H2,1-3H3. The van der Waals surface area contributed by atoms with Crippen LogP contribution in [0.1, 0.15) is 17.1 Å². The summed E-state index contributed by atoms with van der Waals surface area (Å²) < 4.78 is 7.12. The zero-order valence-corrected chi connectivity index (χ0v) is 12.4. The molecule has 0 saturated heterocycles. The van der Waals surface area contributed by atoms with Gasteiger partial charge < -0.3 is 9.73 Å². The van der Waals surface area contributed by atoms with Crippen LogP contribution in [0.2, 0.25) is 0 Å². The van der Waals surface area contributed by atoms with Gasteiger partial charge in [0.2, 0.25) is 0 Å². The Hall–Kier alpha value is -2.56. The maximum Gasteiger partial charge on any atom is 0.191 e. The molecule has 0 atom stereocenters. The van der Waals surface area contributed by atoms with Crippen LogP contribution in [0.5, 0.6) is 0 Å². The first-order valence-electron chi connectivity index (χ1n) is 6.87. The van der Waals surface area contributed by atoms with E-state index in [2.05, 4.69) is 22.3 Å². The fraction of sp³-hybridized carbons (Fsp3) is 0.250. The molecule has 0 radical (unpaired) electrons. The first kappa shape index (κ1) is 13.4. The number of hydrogen-bond acceptors (Lipinski definition) is 4. The SMILES string of the molecule is Cc1nc(-c2ccc(NCc3cnn(C)c3C)cc2)co1. The Morgan fingerprint density at radius 2 is 1.95 bits per heavy atom. The van der Waals surface area contributed by atoms with Crippen LogP contribution in [0, 0.1) is 13.8 Å². The molecule has 5 heteroatoms. The third-order valence-corrected chi connectivity index (χ3v) is 3.62. The number of oxazole rings is 1. The van der Waals surface area contributed by atoms with E-state index in [1.807, 2.05) is 49.1 Å². The Labute approximate surface area is 123 Å². The summed E-state index contributed by atoms with van der Waals surface area (Å²) in [4.78, 5) is 4.32. The summed E-state index contributed by atoms with van der Waals surface area (Å²) in [5.74, 6) is 0.680. The van der Waals surface area contributed by atoms with E-state index in [-0.39, 0.29) is 0 Å². The highest BCUT2D eigenvalue weighted by Gasteiger charge is 2.05. The Kier molecular flexibility index (Phi) is 3.48. The second-order valence-electron chi connectivity index (χ2n) is 5.06. The number of nitrogens with one attached hydrogen (secondary N) is 1. The molecule has 0 aliphatic carbocycles. The third-order valence-electron chi connectivity index (χ3n) is 3.62. The number of nitrogens with zero attached hydrogens (tertiary/aromatic N) is 3. The van der Waals surface area contributed by atoms with Gasteiger partial charge >= 0.3 is 0 Å². The highest BCUT2D eigenvalue weighted by atomic mass is 16.3. The molecule has 1 N–H and O–H groups in total. The monoisotopic (exact) mass is 282 g/mol. The normalized spacial score (nSPS) is 10.8. The van der Waals surface area contributed by atoms with Gasteiger partial charge in [-0.25, -0.2) is 4.98 Å². The van der Waals surface area contributed by atoms with E-state index in [9.17, 15) is 0 Å². The smallest absolute Gasteiger partial charge is 0.191 e. The van der Waals surface area contributed by atoms with Crippen molar-refractivity contribution >= 4 is 5.69 Å². The lowest BCUT2D eigenvalue weighted by Gasteiger charge is -2.06. The van der Waals surface area contributed by atoms with Crippen LogP contribution in [0.4, 0.5) is 5.69 Å². The third kappa shape index (κ3) is 2.81. The van der Waals surface area contributed by atoms with Crippen molar-refractivity contribution < 1.29 is 4.42 Å². The molecular weight excluding hydrogens is 264 g/mol. The number of aryl methyl sites for hydroxylation is 2. The van der Waals surface area contributed by atoms with Crippen molar-refractivity contribution in [2.24, 2.45) is 7.05 Å². The summed E-state index contributed by atoms with van der Waals surface area (Å²) in [6, 6.07) is 8.17. The van der Waals surface area contributed by atoms with Gasteiger partial charge in [-0.3, -0.25) is 4.68 Å². The average Bonchev–Trinajstić information content (AvgIpc) is 3.06. The highest BCUT2D eigenvalue weighted by Crippen LogP contribution is 2.21. The van der Waals surface area contributed by atoms with Crippen molar-refractivity contribution in [1.82, 2.24) is 14.8 Å². The van der Waals surface area contributed by atoms with Crippen molar-refractivity contribution in [3.63, 3.8) is 0 Å². The van der Waals surface area contributed by atoms with Crippen LogP contribution in [-0.2, 0) is 13.6 Å². The molecule has 5 nitrogen and oxygen atoms in total. The molecule has 2 aromatic heterocycles. The first-order chi connectivity index (χ1) is 10.1. The summed E-state index contributed by atoms with van der Waals surface area (Å²) in [5, 5.41) is 7.64. The highest BCUT2D eigenvalue weighted by molar-refractivity contribution is 5.61. The van der Waals surface area contributed by atoms with Crippen molar-refractivity contribution in [1.29, 1.82) is 0 Å². The minimum absolute atomic E-state index is 0.680. The number of rotatable bonds is 4. The van der Waals surface area contributed by atoms with Crippen LogP contribution in [-0.4, -0.2) is 14.8 Å². The summed E-state index contributed by atoms with van der Waals surface area (Å²) in [5.41, 5.74) is 5.37. The number of anilines is 1. The van der Waals surface area contributed by atoms with Gasteiger partial charge in [-0.05, 0) is 19.1 Å². The maximum atomic E-state index is 5.23. The molecule has 3 rings (SSSR count). The van der Waals surface area contributed by atoms with Crippen LogP contribution in [0.25, 0.3) is 11.3 Å². The van der Waals surface area contributed by atoms with Crippen molar-refractivity contribution in [2.45, 2.75) is 20.4 Å². The zero-order chi connectivity index (χ0) is 14.8. The second kappa shape index (κ2) is 5.44. The van der Waals surface area contributed by atoms with E-state index in [4.69, 9.17) is 4.42 Å². The molecule has 0 bridgehead atoms. The van der Waals surface area contributed by atoms with E-state index in [0.29, 0.717) is 5.89 Å². The van der Waals surface area contributed by atoms with Gasteiger partial charge in [0.05, 0.1) is 6.20 Å². The van der Waals surface area contributed by atoms with Gasteiger partial charge in [0.1, 0.15) is 12.0 Å². The lowest BCUT2D eigenvalue weighted by Crippen LogP contribution is -2.01. The van der Waals surface area contributed by atoms with E-state index < -0.39 is 0 Å². The fourth-order valence-electron chi connectivity index (χ4n) is 2.17. The second-order valence-corrected chi connectivity index (χ2v) is 5.06. The topological polar surface area (TPSA) is 55.9 Å². The Morgan fingerprint density at radius 3 is 2.52 bits per heavy atom. The van der Waals surface area contributed by atoms with Crippen molar-refractivity contribution in [2.75, 3.05) is 5.32 Å². The quantitative estimate of drug-likeness (QED) is 0.797. The number of hydrogen-bond donors (Lipinski definition) is 1. The zero-order valence-electron chi connectivity index (χ0n) is 12.4. The van der Waals surface area contributed by atoms with Crippen LogP contribution in [0.3, 0.4) is 0 Å². The Bertz CT molecular complexity index is 740. The molecule has 3 aromatic rings. The van der Waals surface area contributed by atoms with Gasteiger partial charge in [-0.2, -0.15) is 5.10 Å². The molecule has 0 aliphatic heterocycles. The molecule has 0 unspecified atom stereocenters. The number of benzene rings is 1. The largest absolute Gasteiger partial charge is 0.449 e. The Morgan fingerprint density at radius 1 is 1.19 bits per heavy atom. The summed E-state index contributed by atoms with van der Waals surface area (Å²) in [6.07, 6.45) is 3.58. The van der Waals surface area contributed by atoms with Crippen LogP contribution in [0.15, 0.2) is 41.1 Å². The summed E-state index contributed by atoms with van der Waals surface area (Å²) in [6.45, 7) is 4.68. The molecule has 108 valence electrons. The van der Waals surface area contributed by atoms with Crippen molar-refractivity contribution in [3.05, 3.63) is 53.9 Å². The van der Waals surface area contributed by atoms with E-state index in [0.717, 1.165) is 23.5 Å². The van der Waals surface area contributed by atoms with Crippen molar-refractivity contribution in [3.8, 4) is 11.3 Å². The van der Waals surface area contributed by atoms with Gasteiger partial charge in [-0.1, -0.05) is 12.1 Å². The lowest BCUT2D eigenvalue weighted by atomic mass is 10.1. The maximum absolute atomic E-state index is 5.23. The van der Waals surface area contributed by atoms with E-state index in [1.54, 1.807) is 6.26 Å². The molecule has 1 aromatic carbocycles. The molecular formula is C16H18N4O. The van der Waals surface area contributed by atoms with Gasteiger partial charge in [-0.15, -0.1) is 0 Å². The predicted molar refractivity (Wildman–Crippen MR) is 81.9 cm³/mol. The average molecular weight is 282 g/mol. The molecule has 21 heavy (non-hydrogen) atoms. The van der Waals surface area contributed by atoms with E-state index >= 15 is 0 Å². The van der Waals surface area contributed by atoms with Gasteiger partial charge in [0, 0.05) is 43.0 Å². The predicted octanol–water partition coefficient (Wildman–Crippen LogP) is 3.30. The molecule has 0 saturated carbocycles. The Balaban J connectivity index is 1.68. The molecule has 0 aliphatic rings. The number of aromatic nitrogens is 3. The lowest BCUT2D eigenvalue weighted by molar-refractivity contribution is 0.521. The first-order valence-corrected chi connectivity index (χ1v) is 6.87. The molecule has 0 spiro atoms. The summed E-state index contributed by atoms with van der Waals surface area (Å²) in [7, 11) is 1.95. The van der Waals surface area contributed by atoms with Crippen LogP contribution >= 0.6 is 0 Å². The minimum Gasteiger partial charge on any atom is -0.449 e. The molecule has 0 amide bonds. The molecule has 0 fully saturated rings. The summed E-state index contributed by atoms with van der Waals surface area (Å²) >= 11 is 0. The van der Waals surface area contributed by atoms with Gasteiger partial charge in [0.15, 0.2) is 5.89 Å².